The maximum absolute atomic E-state index is 4.80. The first-order valence-electron chi connectivity index (χ1n) is 7.28. The first kappa shape index (κ1) is 14.7. The maximum Gasteiger partial charge on any atom is 0.128 e. The lowest BCUT2D eigenvalue weighted by Gasteiger charge is -2.33. The third-order valence-corrected chi connectivity index (χ3v) is 5.04. The fourth-order valence-corrected chi connectivity index (χ4v) is 3.55. The zero-order chi connectivity index (χ0) is 13.7. The number of rotatable bonds is 5. The van der Waals surface area contributed by atoms with E-state index in [-0.39, 0.29) is 0 Å². The second-order valence-corrected chi connectivity index (χ2v) is 6.45. The van der Waals surface area contributed by atoms with E-state index in [4.69, 9.17) is 4.98 Å². The molecule has 1 fully saturated rings. The molecule has 2 heterocycles. The summed E-state index contributed by atoms with van der Waals surface area (Å²) in [6.45, 7) is 10.7. The molecule has 106 valence electrons. The van der Waals surface area contributed by atoms with E-state index >= 15 is 0 Å². The maximum atomic E-state index is 4.80. The molecular weight excluding hydrogens is 254 g/mol. The summed E-state index contributed by atoms with van der Waals surface area (Å²) in [6, 6.07) is 4.41. The van der Waals surface area contributed by atoms with Crippen LogP contribution in [0, 0.1) is 6.92 Å². The highest BCUT2D eigenvalue weighted by atomic mass is 32.2. The van der Waals surface area contributed by atoms with Crippen LogP contribution in [-0.2, 0) is 6.54 Å². The lowest BCUT2D eigenvalue weighted by molar-refractivity contribution is 0.707. The molecule has 1 N–H and O–H groups in total. The molecule has 0 bridgehead atoms. The Morgan fingerprint density at radius 1 is 1.42 bits per heavy atom. The Morgan fingerprint density at radius 3 is 2.95 bits per heavy atom. The standard InChI is InChI=1S/C15H25N3S/c1-4-14-11-18(8-9-19-14)15-7-6-13(10-16-5-2)12(3)17-15/h6-7,14,16H,4-5,8-11H2,1-3H3. The summed E-state index contributed by atoms with van der Waals surface area (Å²) in [6.07, 6.45) is 1.25. The topological polar surface area (TPSA) is 28.2 Å². The number of aromatic nitrogens is 1. The quantitative estimate of drug-likeness (QED) is 0.897. The van der Waals surface area contributed by atoms with Crippen LogP contribution in [0.2, 0.25) is 0 Å². The van der Waals surface area contributed by atoms with Gasteiger partial charge in [-0.3, -0.25) is 0 Å². The summed E-state index contributed by atoms with van der Waals surface area (Å²) in [5.74, 6) is 2.37. The largest absolute Gasteiger partial charge is 0.355 e. The van der Waals surface area contributed by atoms with Crippen molar-refractivity contribution in [2.75, 3.05) is 30.3 Å². The number of aryl methyl sites for hydroxylation is 1. The lowest BCUT2D eigenvalue weighted by atomic mass is 10.2. The number of nitrogens with one attached hydrogen (secondary N) is 1. The van der Waals surface area contributed by atoms with Crippen molar-refractivity contribution in [2.24, 2.45) is 0 Å². The van der Waals surface area contributed by atoms with E-state index in [0.717, 1.165) is 42.9 Å². The van der Waals surface area contributed by atoms with Crippen LogP contribution in [0.1, 0.15) is 31.5 Å². The molecule has 1 aromatic rings. The Balaban J connectivity index is 2.06. The summed E-state index contributed by atoms with van der Waals surface area (Å²) in [5, 5.41) is 4.13. The molecule has 1 aromatic heterocycles. The van der Waals surface area contributed by atoms with Crippen LogP contribution in [0.15, 0.2) is 12.1 Å². The molecule has 1 aliphatic rings. The minimum atomic E-state index is 0.761. The van der Waals surface area contributed by atoms with Crippen LogP contribution in [0.5, 0.6) is 0 Å². The highest BCUT2D eigenvalue weighted by Gasteiger charge is 2.20. The fourth-order valence-electron chi connectivity index (χ4n) is 2.37. The molecule has 1 atom stereocenters. The van der Waals surface area contributed by atoms with Crippen molar-refractivity contribution >= 4 is 17.6 Å². The second-order valence-electron chi connectivity index (χ2n) is 5.04. The van der Waals surface area contributed by atoms with Gasteiger partial charge in [0, 0.05) is 36.3 Å². The number of hydrogen-bond donors (Lipinski definition) is 1. The second kappa shape index (κ2) is 7.15. The minimum Gasteiger partial charge on any atom is -0.355 e. The molecule has 0 spiro atoms. The Labute approximate surface area is 121 Å². The molecule has 3 nitrogen and oxygen atoms in total. The van der Waals surface area contributed by atoms with Gasteiger partial charge in [0.25, 0.3) is 0 Å². The summed E-state index contributed by atoms with van der Waals surface area (Å²) < 4.78 is 0. The molecule has 0 amide bonds. The molecule has 1 unspecified atom stereocenters. The number of anilines is 1. The van der Waals surface area contributed by atoms with Gasteiger partial charge in [-0.05, 0) is 31.5 Å². The van der Waals surface area contributed by atoms with Gasteiger partial charge in [0.2, 0.25) is 0 Å². The first-order chi connectivity index (χ1) is 9.24. The Morgan fingerprint density at radius 2 is 2.26 bits per heavy atom. The molecule has 4 heteroatoms. The predicted molar refractivity (Wildman–Crippen MR) is 85.1 cm³/mol. The van der Waals surface area contributed by atoms with Crippen molar-refractivity contribution in [3.8, 4) is 0 Å². The normalized spacial score (nSPS) is 19.7. The minimum absolute atomic E-state index is 0.761. The average molecular weight is 279 g/mol. The summed E-state index contributed by atoms with van der Waals surface area (Å²) in [7, 11) is 0. The first-order valence-corrected chi connectivity index (χ1v) is 8.33. The van der Waals surface area contributed by atoms with E-state index in [1.54, 1.807) is 0 Å². The average Bonchev–Trinajstić information content (AvgIpc) is 2.46. The van der Waals surface area contributed by atoms with Gasteiger partial charge < -0.3 is 10.2 Å². The fraction of sp³-hybridized carbons (Fsp3) is 0.667. The lowest BCUT2D eigenvalue weighted by Crippen LogP contribution is -2.38. The molecule has 0 radical (unpaired) electrons. The Hall–Kier alpha value is -0.740. The smallest absolute Gasteiger partial charge is 0.128 e. The van der Waals surface area contributed by atoms with Gasteiger partial charge >= 0.3 is 0 Å². The van der Waals surface area contributed by atoms with Crippen LogP contribution in [0.3, 0.4) is 0 Å². The third-order valence-electron chi connectivity index (χ3n) is 3.66. The van der Waals surface area contributed by atoms with E-state index in [2.05, 4.69) is 54.9 Å². The van der Waals surface area contributed by atoms with Crippen molar-refractivity contribution in [3.63, 3.8) is 0 Å². The molecule has 0 saturated carbocycles. The van der Waals surface area contributed by atoms with Crippen LogP contribution in [0.4, 0.5) is 5.82 Å². The number of pyridine rings is 1. The summed E-state index contributed by atoms with van der Waals surface area (Å²) >= 11 is 2.10. The van der Waals surface area contributed by atoms with Crippen molar-refractivity contribution < 1.29 is 0 Å². The van der Waals surface area contributed by atoms with Gasteiger partial charge in [-0.1, -0.05) is 19.9 Å². The van der Waals surface area contributed by atoms with Gasteiger partial charge in [-0.15, -0.1) is 0 Å². The third kappa shape index (κ3) is 3.86. The molecule has 0 aromatic carbocycles. The predicted octanol–water partition coefficient (Wildman–Crippen LogP) is 2.83. The van der Waals surface area contributed by atoms with Crippen LogP contribution < -0.4 is 10.2 Å². The van der Waals surface area contributed by atoms with Crippen molar-refractivity contribution in [1.82, 2.24) is 10.3 Å². The molecule has 19 heavy (non-hydrogen) atoms. The molecular formula is C15H25N3S. The van der Waals surface area contributed by atoms with Crippen LogP contribution in [-0.4, -0.2) is 35.6 Å². The van der Waals surface area contributed by atoms with Crippen molar-refractivity contribution in [1.29, 1.82) is 0 Å². The van der Waals surface area contributed by atoms with E-state index in [1.165, 1.54) is 17.7 Å². The SMILES string of the molecule is CCNCc1ccc(N2CCSC(CC)C2)nc1C. The van der Waals surface area contributed by atoms with Crippen LogP contribution in [0.25, 0.3) is 0 Å². The molecule has 0 aliphatic carbocycles. The van der Waals surface area contributed by atoms with E-state index < -0.39 is 0 Å². The Kier molecular flexibility index (Phi) is 5.52. The van der Waals surface area contributed by atoms with Gasteiger partial charge in [0.05, 0.1) is 0 Å². The summed E-state index contributed by atoms with van der Waals surface area (Å²) in [4.78, 5) is 7.23. The Bertz CT molecular complexity index is 408. The number of nitrogens with zero attached hydrogens (tertiary/aromatic N) is 2. The van der Waals surface area contributed by atoms with E-state index in [0.29, 0.717) is 0 Å². The zero-order valence-electron chi connectivity index (χ0n) is 12.3. The van der Waals surface area contributed by atoms with E-state index in [1.807, 2.05) is 0 Å². The number of thioether (sulfide) groups is 1. The van der Waals surface area contributed by atoms with Gasteiger partial charge in [0.15, 0.2) is 0 Å². The number of hydrogen-bond acceptors (Lipinski definition) is 4. The van der Waals surface area contributed by atoms with Crippen molar-refractivity contribution in [3.05, 3.63) is 23.4 Å². The van der Waals surface area contributed by atoms with Crippen LogP contribution >= 0.6 is 11.8 Å². The van der Waals surface area contributed by atoms with Gasteiger partial charge in [-0.25, -0.2) is 4.98 Å². The molecule has 2 rings (SSSR count). The van der Waals surface area contributed by atoms with Gasteiger partial charge in [-0.2, -0.15) is 11.8 Å². The zero-order valence-corrected chi connectivity index (χ0v) is 13.1. The highest BCUT2D eigenvalue weighted by Crippen LogP contribution is 2.25. The van der Waals surface area contributed by atoms with Crippen molar-refractivity contribution in [2.45, 2.75) is 39.0 Å². The monoisotopic (exact) mass is 279 g/mol. The molecule has 1 aliphatic heterocycles. The van der Waals surface area contributed by atoms with E-state index in [9.17, 15) is 0 Å². The van der Waals surface area contributed by atoms with Gasteiger partial charge in [0.1, 0.15) is 5.82 Å². The highest BCUT2D eigenvalue weighted by molar-refractivity contribution is 8.00. The molecule has 1 saturated heterocycles. The summed E-state index contributed by atoms with van der Waals surface area (Å²) in [5.41, 5.74) is 2.47.